The van der Waals surface area contributed by atoms with Crippen LogP contribution in [0.5, 0.6) is 0 Å². The average molecular weight is 182 g/mol. The molecule has 2 fully saturated rings. The molecule has 1 atom stereocenters. The fourth-order valence-corrected chi connectivity index (χ4v) is 2.84. The zero-order chi connectivity index (χ0) is 9.10. The minimum Gasteiger partial charge on any atom is -0.271 e. The molecule has 0 amide bonds. The number of hydrogen-bond donors (Lipinski definition) is 2. The van der Waals surface area contributed by atoms with Crippen LogP contribution in [-0.2, 0) is 0 Å². The highest BCUT2D eigenvalue weighted by Crippen LogP contribution is 2.35. The van der Waals surface area contributed by atoms with Gasteiger partial charge in [-0.25, -0.2) is 0 Å². The van der Waals surface area contributed by atoms with Crippen LogP contribution in [0, 0.1) is 11.8 Å². The maximum atomic E-state index is 5.61. The van der Waals surface area contributed by atoms with E-state index >= 15 is 0 Å². The van der Waals surface area contributed by atoms with Gasteiger partial charge in [0.25, 0.3) is 0 Å². The zero-order valence-corrected chi connectivity index (χ0v) is 8.47. The van der Waals surface area contributed by atoms with Crippen molar-refractivity contribution >= 4 is 0 Å². The SMILES string of the molecule is NNC(CC1CCCC1)C1CCC1. The van der Waals surface area contributed by atoms with E-state index in [9.17, 15) is 0 Å². The molecule has 76 valence electrons. The van der Waals surface area contributed by atoms with Crippen LogP contribution in [0.3, 0.4) is 0 Å². The van der Waals surface area contributed by atoms with E-state index in [1.807, 2.05) is 0 Å². The number of rotatable bonds is 4. The summed E-state index contributed by atoms with van der Waals surface area (Å²) < 4.78 is 0. The fourth-order valence-electron chi connectivity index (χ4n) is 2.84. The first-order valence-corrected chi connectivity index (χ1v) is 5.86. The molecule has 0 heterocycles. The summed E-state index contributed by atoms with van der Waals surface area (Å²) in [6.45, 7) is 0. The summed E-state index contributed by atoms with van der Waals surface area (Å²) in [5, 5.41) is 0. The molecule has 2 saturated carbocycles. The maximum absolute atomic E-state index is 5.61. The minimum absolute atomic E-state index is 0.622. The molecule has 2 nitrogen and oxygen atoms in total. The van der Waals surface area contributed by atoms with Gasteiger partial charge in [-0.3, -0.25) is 11.3 Å². The van der Waals surface area contributed by atoms with E-state index in [-0.39, 0.29) is 0 Å². The lowest BCUT2D eigenvalue weighted by atomic mass is 9.77. The molecule has 0 radical (unpaired) electrons. The van der Waals surface area contributed by atoms with Gasteiger partial charge in [-0.2, -0.15) is 0 Å². The van der Waals surface area contributed by atoms with Crippen molar-refractivity contribution in [2.24, 2.45) is 17.7 Å². The molecule has 3 N–H and O–H groups in total. The Morgan fingerprint density at radius 1 is 1.08 bits per heavy atom. The van der Waals surface area contributed by atoms with Crippen LogP contribution in [0.25, 0.3) is 0 Å². The van der Waals surface area contributed by atoms with E-state index in [1.54, 1.807) is 0 Å². The lowest BCUT2D eigenvalue weighted by Crippen LogP contribution is -2.44. The molecule has 0 aromatic carbocycles. The van der Waals surface area contributed by atoms with Crippen LogP contribution in [0.1, 0.15) is 51.4 Å². The minimum atomic E-state index is 0.622. The van der Waals surface area contributed by atoms with Crippen LogP contribution < -0.4 is 11.3 Å². The van der Waals surface area contributed by atoms with Gasteiger partial charge in [0.1, 0.15) is 0 Å². The van der Waals surface area contributed by atoms with E-state index in [0.29, 0.717) is 6.04 Å². The molecule has 2 heteroatoms. The van der Waals surface area contributed by atoms with Crippen LogP contribution in [0.2, 0.25) is 0 Å². The molecule has 0 aromatic rings. The number of hydrazine groups is 1. The van der Waals surface area contributed by atoms with Crippen LogP contribution >= 0.6 is 0 Å². The largest absolute Gasteiger partial charge is 0.271 e. The van der Waals surface area contributed by atoms with Gasteiger partial charge in [-0.15, -0.1) is 0 Å². The first-order valence-electron chi connectivity index (χ1n) is 5.86. The standard InChI is InChI=1S/C11H22N2/c12-13-11(10-6-3-7-10)8-9-4-1-2-5-9/h9-11,13H,1-8,12H2. The first kappa shape index (κ1) is 9.47. The number of nitrogens with one attached hydrogen (secondary N) is 1. The second-order valence-electron chi connectivity index (χ2n) is 4.85. The van der Waals surface area contributed by atoms with Crippen molar-refractivity contribution in [2.75, 3.05) is 0 Å². The highest BCUT2D eigenvalue weighted by Gasteiger charge is 2.29. The number of nitrogens with two attached hydrogens (primary N) is 1. The molecule has 0 spiro atoms. The van der Waals surface area contributed by atoms with Crippen molar-refractivity contribution in [3.05, 3.63) is 0 Å². The summed E-state index contributed by atoms with van der Waals surface area (Å²) in [5.41, 5.74) is 3.03. The first-order chi connectivity index (χ1) is 6.40. The molecule has 0 aliphatic heterocycles. The van der Waals surface area contributed by atoms with Crippen molar-refractivity contribution in [1.82, 2.24) is 5.43 Å². The molecule has 0 saturated heterocycles. The Bertz CT molecular complexity index is 148. The van der Waals surface area contributed by atoms with Gasteiger partial charge in [0, 0.05) is 6.04 Å². The molecular formula is C11H22N2. The van der Waals surface area contributed by atoms with Gasteiger partial charge in [0.15, 0.2) is 0 Å². The lowest BCUT2D eigenvalue weighted by Gasteiger charge is -2.34. The van der Waals surface area contributed by atoms with Gasteiger partial charge in [0.2, 0.25) is 0 Å². The molecule has 2 aliphatic carbocycles. The summed E-state index contributed by atoms with van der Waals surface area (Å²) in [6, 6.07) is 0.622. The van der Waals surface area contributed by atoms with Crippen molar-refractivity contribution in [1.29, 1.82) is 0 Å². The maximum Gasteiger partial charge on any atom is 0.0241 e. The monoisotopic (exact) mass is 182 g/mol. The smallest absolute Gasteiger partial charge is 0.0241 e. The van der Waals surface area contributed by atoms with Crippen molar-refractivity contribution in [3.63, 3.8) is 0 Å². The molecule has 0 aromatic heterocycles. The normalized spacial score (nSPS) is 27.5. The Hall–Kier alpha value is -0.0800. The average Bonchev–Trinajstić information content (AvgIpc) is 2.52. The molecule has 2 aliphatic rings. The van der Waals surface area contributed by atoms with Crippen LogP contribution in [0.15, 0.2) is 0 Å². The van der Waals surface area contributed by atoms with E-state index in [4.69, 9.17) is 5.84 Å². The van der Waals surface area contributed by atoms with Crippen molar-refractivity contribution in [3.8, 4) is 0 Å². The summed E-state index contributed by atoms with van der Waals surface area (Å²) in [5.74, 6) is 7.48. The third kappa shape index (κ3) is 2.23. The molecular weight excluding hydrogens is 160 g/mol. The van der Waals surface area contributed by atoms with Crippen LogP contribution in [0.4, 0.5) is 0 Å². The highest BCUT2D eigenvalue weighted by atomic mass is 15.2. The molecule has 2 rings (SSSR count). The Morgan fingerprint density at radius 2 is 1.77 bits per heavy atom. The third-order valence-electron chi connectivity index (χ3n) is 3.99. The second-order valence-corrected chi connectivity index (χ2v) is 4.85. The molecule has 1 unspecified atom stereocenters. The van der Waals surface area contributed by atoms with E-state index < -0.39 is 0 Å². The summed E-state index contributed by atoms with van der Waals surface area (Å²) in [4.78, 5) is 0. The molecule has 0 bridgehead atoms. The van der Waals surface area contributed by atoms with E-state index in [1.165, 1.54) is 51.4 Å². The summed E-state index contributed by atoms with van der Waals surface area (Å²) in [6.07, 6.45) is 11.4. The zero-order valence-electron chi connectivity index (χ0n) is 8.47. The second kappa shape index (κ2) is 4.43. The summed E-state index contributed by atoms with van der Waals surface area (Å²) >= 11 is 0. The van der Waals surface area contributed by atoms with E-state index in [0.717, 1.165) is 11.8 Å². The predicted octanol–water partition coefficient (Wildman–Crippen LogP) is 2.20. The Kier molecular flexibility index (Phi) is 3.23. The quantitative estimate of drug-likeness (QED) is 0.516. The predicted molar refractivity (Wildman–Crippen MR) is 55.0 cm³/mol. The fraction of sp³-hybridized carbons (Fsp3) is 1.00. The van der Waals surface area contributed by atoms with Gasteiger partial charge >= 0.3 is 0 Å². The third-order valence-corrected chi connectivity index (χ3v) is 3.99. The van der Waals surface area contributed by atoms with Crippen molar-refractivity contribution in [2.45, 2.75) is 57.4 Å². The van der Waals surface area contributed by atoms with Crippen LogP contribution in [-0.4, -0.2) is 6.04 Å². The Balaban J connectivity index is 1.75. The number of hydrogen-bond acceptors (Lipinski definition) is 2. The van der Waals surface area contributed by atoms with Crippen molar-refractivity contribution < 1.29 is 0 Å². The van der Waals surface area contributed by atoms with E-state index in [2.05, 4.69) is 5.43 Å². The topological polar surface area (TPSA) is 38.0 Å². The Labute approximate surface area is 81.2 Å². The Morgan fingerprint density at radius 3 is 2.23 bits per heavy atom. The van der Waals surface area contributed by atoms with Gasteiger partial charge < -0.3 is 0 Å². The van der Waals surface area contributed by atoms with Gasteiger partial charge in [-0.1, -0.05) is 32.1 Å². The highest BCUT2D eigenvalue weighted by molar-refractivity contribution is 4.84. The molecule has 13 heavy (non-hydrogen) atoms. The summed E-state index contributed by atoms with van der Waals surface area (Å²) in [7, 11) is 0. The van der Waals surface area contributed by atoms with Gasteiger partial charge in [-0.05, 0) is 31.1 Å². The lowest BCUT2D eigenvalue weighted by molar-refractivity contribution is 0.201. The van der Waals surface area contributed by atoms with Gasteiger partial charge in [0.05, 0.1) is 0 Å².